The highest BCUT2D eigenvalue weighted by Crippen LogP contribution is 2.27. The van der Waals surface area contributed by atoms with E-state index in [9.17, 15) is 4.79 Å². The molecule has 80 valence electrons. The molecule has 7 heteroatoms. The van der Waals surface area contributed by atoms with Crippen molar-refractivity contribution in [2.45, 2.75) is 4.90 Å². The number of rotatable bonds is 2. The van der Waals surface area contributed by atoms with Gasteiger partial charge in [0.25, 0.3) is 0 Å². The summed E-state index contributed by atoms with van der Waals surface area (Å²) >= 11 is 0.988. The van der Waals surface area contributed by atoms with Gasteiger partial charge >= 0.3 is 12.1 Å². The molecule has 0 fully saturated rings. The van der Waals surface area contributed by atoms with Gasteiger partial charge in [0.15, 0.2) is 0 Å². The van der Waals surface area contributed by atoms with Crippen LogP contribution >= 0.6 is 11.8 Å². The number of carbonyl (C=O) groups is 1. The molecular formula is C9H6N4O2S. The number of thiocyanates is 1. The lowest BCUT2D eigenvalue weighted by atomic mass is 10.3. The predicted molar refractivity (Wildman–Crippen MR) is 57.8 cm³/mol. The van der Waals surface area contributed by atoms with Crippen molar-refractivity contribution in [1.29, 1.82) is 5.26 Å². The number of primary amides is 1. The zero-order valence-electron chi connectivity index (χ0n) is 7.93. The second-order valence-electron chi connectivity index (χ2n) is 2.81. The number of aromatic nitrogens is 2. The number of nitrogens with zero attached hydrogens (tertiary/aromatic N) is 2. The van der Waals surface area contributed by atoms with Crippen LogP contribution in [0.3, 0.4) is 0 Å². The fourth-order valence-corrected chi connectivity index (χ4v) is 1.76. The minimum absolute atomic E-state index is 0.0217. The number of amides is 1. The summed E-state index contributed by atoms with van der Waals surface area (Å²) in [5.41, 5.74) is 6.12. The SMILES string of the molecule is N#CSc1cccc2[nH]c(OC(N)=O)nc12. The molecule has 6 nitrogen and oxygen atoms in total. The second kappa shape index (κ2) is 4.12. The number of fused-ring (bicyclic) bond motifs is 1. The highest BCUT2D eigenvalue weighted by atomic mass is 32.2. The van der Waals surface area contributed by atoms with E-state index in [0.717, 1.165) is 11.8 Å². The molecule has 0 spiro atoms. The van der Waals surface area contributed by atoms with E-state index in [1.54, 1.807) is 18.2 Å². The fourth-order valence-electron chi connectivity index (χ4n) is 1.26. The smallest absolute Gasteiger partial charge is 0.376 e. The van der Waals surface area contributed by atoms with Crippen LogP contribution in [0.5, 0.6) is 6.01 Å². The first-order chi connectivity index (χ1) is 7.70. The van der Waals surface area contributed by atoms with Crippen LogP contribution in [0.4, 0.5) is 4.79 Å². The number of aromatic amines is 1. The van der Waals surface area contributed by atoms with Gasteiger partial charge in [0.2, 0.25) is 0 Å². The molecule has 1 aromatic carbocycles. The summed E-state index contributed by atoms with van der Waals surface area (Å²) in [5.74, 6) is 0. The summed E-state index contributed by atoms with van der Waals surface area (Å²) in [4.78, 5) is 18.0. The maximum absolute atomic E-state index is 10.5. The van der Waals surface area contributed by atoms with Crippen molar-refractivity contribution >= 4 is 28.9 Å². The van der Waals surface area contributed by atoms with Crippen molar-refractivity contribution in [2.24, 2.45) is 5.73 Å². The lowest BCUT2D eigenvalue weighted by Crippen LogP contribution is -2.16. The number of imidazole rings is 1. The Morgan fingerprint density at radius 3 is 3.12 bits per heavy atom. The minimum Gasteiger partial charge on any atom is -0.376 e. The third-order valence-corrected chi connectivity index (χ3v) is 2.45. The molecule has 3 N–H and O–H groups in total. The molecule has 2 rings (SSSR count). The Balaban J connectivity index is 2.48. The number of nitrogens with one attached hydrogen (secondary N) is 1. The highest BCUT2D eigenvalue weighted by Gasteiger charge is 2.09. The van der Waals surface area contributed by atoms with E-state index in [1.807, 2.05) is 5.40 Å². The van der Waals surface area contributed by atoms with E-state index in [1.165, 1.54) is 0 Å². The maximum atomic E-state index is 10.5. The van der Waals surface area contributed by atoms with E-state index < -0.39 is 6.09 Å². The molecule has 0 saturated heterocycles. The summed E-state index contributed by atoms with van der Waals surface area (Å²) in [6, 6.07) is 5.31. The van der Waals surface area contributed by atoms with Gasteiger partial charge in [-0.2, -0.15) is 10.2 Å². The first-order valence-electron chi connectivity index (χ1n) is 4.22. The monoisotopic (exact) mass is 234 g/mol. The first-order valence-corrected chi connectivity index (χ1v) is 5.04. The average molecular weight is 234 g/mol. The van der Waals surface area contributed by atoms with Crippen molar-refractivity contribution in [3.8, 4) is 11.4 Å². The molecule has 0 atom stereocenters. The molecule has 0 bridgehead atoms. The zero-order chi connectivity index (χ0) is 11.5. The molecule has 1 amide bonds. The molecule has 0 saturated carbocycles. The number of hydrogen-bond acceptors (Lipinski definition) is 5. The van der Waals surface area contributed by atoms with Gasteiger partial charge in [-0.1, -0.05) is 6.07 Å². The van der Waals surface area contributed by atoms with Gasteiger partial charge in [0, 0.05) is 0 Å². The normalized spacial score (nSPS) is 9.94. The Labute approximate surface area is 94.4 Å². The van der Waals surface area contributed by atoms with Crippen LogP contribution in [0.15, 0.2) is 23.1 Å². The number of carbonyl (C=O) groups excluding carboxylic acids is 1. The molecule has 2 aromatic rings. The number of ether oxygens (including phenoxy) is 1. The van der Waals surface area contributed by atoms with E-state index >= 15 is 0 Å². The van der Waals surface area contributed by atoms with Crippen LogP contribution in [0.2, 0.25) is 0 Å². The van der Waals surface area contributed by atoms with Crippen molar-refractivity contribution in [1.82, 2.24) is 9.97 Å². The number of hydrogen-bond donors (Lipinski definition) is 2. The van der Waals surface area contributed by atoms with Gasteiger partial charge in [0.1, 0.15) is 10.9 Å². The molecule has 1 aromatic heterocycles. The first kappa shape index (κ1) is 10.3. The van der Waals surface area contributed by atoms with Gasteiger partial charge < -0.3 is 15.5 Å². The fraction of sp³-hybridized carbons (Fsp3) is 0. The summed E-state index contributed by atoms with van der Waals surface area (Å²) in [6.45, 7) is 0. The van der Waals surface area contributed by atoms with Gasteiger partial charge in [-0.05, 0) is 23.9 Å². The third-order valence-electron chi connectivity index (χ3n) is 1.81. The standard InChI is InChI=1S/C9H6N4O2S/c10-4-16-6-3-1-2-5-7(6)13-9(12-5)15-8(11)14/h1-3H,(H2,11,14)(H,12,13). The molecule has 0 aliphatic rings. The van der Waals surface area contributed by atoms with E-state index in [4.69, 9.17) is 11.0 Å². The third kappa shape index (κ3) is 1.92. The van der Waals surface area contributed by atoms with Gasteiger partial charge in [-0.25, -0.2) is 4.79 Å². The number of benzene rings is 1. The summed E-state index contributed by atoms with van der Waals surface area (Å²) in [6.07, 6.45) is -0.937. The van der Waals surface area contributed by atoms with Crippen LogP contribution in [0.1, 0.15) is 0 Å². The van der Waals surface area contributed by atoms with Gasteiger partial charge in [0.05, 0.1) is 10.4 Å². The maximum Gasteiger partial charge on any atom is 0.412 e. The Morgan fingerprint density at radius 1 is 1.62 bits per heavy atom. The van der Waals surface area contributed by atoms with Crippen molar-refractivity contribution in [2.75, 3.05) is 0 Å². The Bertz CT molecular complexity index is 587. The minimum atomic E-state index is -0.937. The molecule has 0 aliphatic carbocycles. The predicted octanol–water partition coefficient (Wildman–Crippen LogP) is 1.59. The van der Waals surface area contributed by atoms with Crippen LogP contribution in [-0.4, -0.2) is 16.1 Å². The number of thioether (sulfide) groups is 1. The lowest BCUT2D eigenvalue weighted by Gasteiger charge is -1.92. The topological polar surface area (TPSA) is 105 Å². The Hall–Kier alpha value is -2.20. The summed E-state index contributed by atoms with van der Waals surface area (Å²) in [5, 5.41) is 10.6. The number of H-pyrrole nitrogens is 1. The lowest BCUT2D eigenvalue weighted by molar-refractivity contribution is 0.207. The highest BCUT2D eigenvalue weighted by molar-refractivity contribution is 8.04. The van der Waals surface area contributed by atoms with Crippen molar-refractivity contribution < 1.29 is 9.53 Å². The van der Waals surface area contributed by atoms with E-state index in [-0.39, 0.29) is 6.01 Å². The Morgan fingerprint density at radius 2 is 2.44 bits per heavy atom. The summed E-state index contributed by atoms with van der Waals surface area (Å²) in [7, 11) is 0. The average Bonchev–Trinajstić information content (AvgIpc) is 2.60. The molecular weight excluding hydrogens is 228 g/mol. The van der Waals surface area contributed by atoms with Gasteiger partial charge in [-0.15, -0.1) is 0 Å². The summed E-state index contributed by atoms with van der Waals surface area (Å²) < 4.78 is 4.61. The largest absolute Gasteiger partial charge is 0.412 e. The van der Waals surface area contributed by atoms with Crippen LogP contribution in [0.25, 0.3) is 11.0 Å². The number of para-hydroxylation sites is 1. The molecule has 16 heavy (non-hydrogen) atoms. The van der Waals surface area contributed by atoms with Gasteiger partial charge in [-0.3, -0.25) is 0 Å². The van der Waals surface area contributed by atoms with Crippen LogP contribution < -0.4 is 10.5 Å². The zero-order valence-corrected chi connectivity index (χ0v) is 8.75. The molecule has 1 heterocycles. The van der Waals surface area contributed by atoms with Crippen molar-refractivity contribution in [3.05, 3.63) is 18.2 Å². The van der Waals surface area contributed by atoms with Crippen LogP contribution in [0, 0.1) is 10.7 Å². The van der Waals surface area contributed by atoms with E-state index in [2.05, 4.69) is 14.7 Å². The molecule has 0 radical (unpaired) electrons. The second-order valence-corrected chi connectivity index (χ2v) is 3.64. The number of nitrogens with two attached hydrogens (primary N) is 1. The molecule has 0 aliphatic heterocycles. The quantitative estimate of drug-likeness (QED) is 0.606. The number of nitriles is 1. The molecule has 0 unspecified atom stereocenters. The van der Waals surface area contributed by atoms with Crippen LogP contribution in [-0.2, 0) is 0 Å². The van der Waals surface area contributed by atoms with E-state index in [0.29, 0.717) is 15.9 Å². The Kier molecular flexibility index (Phi) is 2.66. The van der Waals surface area contributed by atoms with Crippen molar-refractivity contribution in [3.63, 3.8) is 0 Å².